The zero-order valence-corrected chi connectivity index (χ0v) is 18.1. The smallest absolute Gasteiger partial charge is 0.316 e. The van der Waals surface area contributed by atoms with Gasteiger partial charge in [-0.1, -0.05) is 72.4 Å². The number of thioether (sulfide) groups is 2. The normalized spacial score (nSPS) is 12.5. The van der Waals surface area contributed by atoms with Crippen LogP contribution in [0.5, 0.6) is 0 Å². The van der Waals surface area contributed by atoms with Gasteiger partial charge in [-0.2, -0.15) is 0 Å². The van der Waals surface area contributed by atoms with Gasteiger partial charge in [0.15, 0.2) is 5.16 Å². The van der Waals surface area contributed by atoms with Crippen molar-refractivity contribution in [1.29, 1.82) is 0 Å². The highest BCUT2D eigenvalue weighted by atomic mass is 32.2. The maximum absolute atomic E-state index is 13.0. The third-order valence-corrected chi connectivity index (χ3v) is 6.83. The number of fused-ring (bicyclic) bond motifs is 1. The molecular formula is C23H22N2O3S2. The third kappa shape index (κ3) is 5.15. The van der Waals surface area contributed by atoms with E-state index in [1.165, 1.54) is 11.8 Å². The van der Waals surface area contributed by atoms with Gasteiger partial charge in [0.05, 0.1) is 16.3 Å². The fraction of sp³-hybridized carbons (Fsp3) is 0.261. The maximum Gasteiger partial charge on any atom is 0.316 e. The first-order valence-electron chi connectivity index (χ1n) is 9.83. The molecule has 30 heavy (non-hydrogen) atoms. The predicted molar refractivity (Wildman–Crippen MR) is 120 cm³/mol. The molecule has 0 fully saturated rings. The Hall–Kier alpha value is -2.51. The Bertz CT molecular complexity index is 1070. The largest absolute Gasteiger partial charge is 0.460 e. The lowest BCUT2D eigenvalue weighted by atomic mass is 10.1. The molecule has 0 amide bonds. The second-order valence-electron chi connectivity index (χ2n) is 6.90. The van der Waals surface area contributed by atoms with Crippen molar-refractivity contribution in [2.45, 2.75) is 36.0 Å². The Morgan fingerprint density at radius 2 is 1.77 bits per heavy atom. The van der Waals surface area contributed by atoms with Crippen molar-refractivity contribution in [1.82, 2.24) is 9.55 Å². The van der Waals surface area contributed by atoms with Gasteiger partial charge in [-0.3, -0.25) is 14.2 Å². The number of ether oxygens (including phenoxy) is 1. The van der Waals surface area contributed by atoms with Crippen molar-refractivity contribution in [2.24, 2.45) is 0 Å². The number of aryl methyl sites for hydroxylation is 2. The summed E-state index contributed by atoms with van der Waals surface area (Å²) < 4.78 is 7.07. The van der Waals surface area contributed by atoms with E-state index in [1.807, 2.05) is 60.7 Å². The molecule has 1 aliphatic rings. The molecule has 0 atom stereocenters. The van der Waals surface area contributed by atoms with E-state index in [1.54, 1.807) is 16.3 Å². The summed E-state index contributed by atoms with van der Waals surface area (Å²) in [4.78, 5) is 30.7. The lowest BCUT2D eigenvalue weighted by Gasteiger charge is -2.13. The number of carbonyl (C=O) groups is 1. The second-order valence-corrected chi connectivity index (χ2v) is 8.94. The number of benzene rings is 2. The topological polar surface area (TPSA) is 61.2 Å². The minimum atomic E-state index is -0.317. The summed E-state index contributed by atoms with van der Waals surface area (Å²) in [5, 5.41) is 0.592. The highest BCUT2D eigenvalue weighted by Crippen LogP contribution is 2.28. The number of nitrogens with zero attached hydrogens (tertiary/aromatic N) is 2. The van der Waals surface area contributed by atoms with Crippen molar-refractivity contribution in [3.63, 3.8) is 0 Å². The summed E-state index contributed by atoms with van der Waals surface area (Å²) in [6.45, 7) is 0.778. The summed E-state index contributed by atoms with van der Waals surface area (Å²) >= 11 is 2.85. The maximum atomic E-state index is 13.0. The highest BCUT2D eigenvalue weighted by molar-refractivity contribution is 8.00. The monoisotopic (exact) mass is 438 g/mol. The third-order valence-electron chi connectivity index (χ3n) is 4.78. The Labute approximate surface area is 183 Å². The van der Waals surface area contributed by atoms with Crippen molar-refractivity contribution < 1.29 is 9.53 Å². The summed E-state index contributed by atoms with van der Waals surface area (Å²) in [6.07, 6.45) is 1.53. The zero-order chi connectivity index (χ0) is 20.8. The van der Waals surface area contributed by atoms with Crippen LogP contribution in [0.1, 0.15) is 16.8 Å². The number of hydrogen-bond acceptors (Lipinski definition) is 6. The lowest BCUT2D eigenvalue weighted by Crippen LogP contribution is -2.26. The first-order valence-corrected chi connectivity index (χ1v) is 11.8. The Morgan fingerprint density at radius 1 is 1.07 bits per heavy atom. The molecule has 0 N–H and O–H groups in total. The Morgan fingerprint density at radius 3 is 2.50 bits per heavy atom. The van der Waals surface area contributed by atoms with Crippen LogP contribution in [0, 0.1) is 0 Å². The van der Waals surface area contributed by atoms with Crippen LogP contribution < -0.4 is 5.56 Å². The average Bonchev–Trinajstić information content (AvgIpc) is 3.26. The van der Waals surface area contributed by atoms with Crippen LogP contribution in [0.3, 0.4) is 0 Å². The number of carbonyl (C=O) groups excluding carboxylic acids is 1. The average molecular weight is 439 g/mol. The number of rotatable bonds is 8. The summed E-state index contributed by atoms with van der Waals surface area (Å²) in [5.74, 6) is 0.683. The van der Waals surface area contributed by atoms with Crippen molar-refractivity contribution >= 4 is 29.5 Å². The molecule has 0 unspecified atom stereocenters. The van der Waals surface area contributed by atoms with Gasteiger partial charge in [0.1, 0.15) is 6.61 Å². The van der Waals surface area contributed by atoms with Crippen LogP contribution in [0.2, 0.25) is 0 Å². The Balaban J connectivity index is 1.45. The van der Waals surface area contributed by atoms with Gasteiger partial charge in [-0.15, -0.1) is 11.8 Å². The standard InChI is InChI=1S/C23H22N2O3S2/c26-20(28-15-18-9-5-2-6-10-18)16-30-23-24-19-12-14-29-21(19)22(27)25(23)13-11-17-7-3-1-4-8-17/h1-10H,11-16H2. The van der Waals surface area contributed by atoms with E-state index >= 15 is 0 Å². The van der Waals surface area contributed by atoms with Gasteiger partial charge in [-0.25, -0.2) is 4.98 Å². The van der Waals surface area contributed by atoms with Crippen LogP contribution in [-0.2, 0) is 35.5 Å². The molecule has 154 valence electrons. The molecule has 0 bridgehead atoms. The number of hydrogen-bond donors (Lipinski definition) is 0. The van der Waals surface area contributed by atoms with Gasteiger partial charge in [-0.05, 0) is 17.5 Å². The zero-order valence-electron chi connectivity index (χ0n) is 16.5. The van der Waals surface area contributed by atoms with Crippen LogP contribution >= 0.6 is 23.5 Å². The number of esters is 1. The molecule has 0 spiro atoms. The SMILES string of the molecule is O=C(CSc1nc2c(c(=O)n1CCc1ccccc1)SCC2)OCc1ccccc1. The molecule has 2 aromatic carbocycles. The van der Waals surface area contributed by atoms with Gasteiger partial charge in [0, 0.05) is 18.7 Å². The molecule has 0 aliphatic carbocycles. The molecule has 5 nitrogen and oxygen atoms in total. The van der Waals surface area contributed by atoms with E-state index < -0.39 is 0 Å². The second kappa shape index (κ2) is 10.00. The van der Waals surface area contributed by atoms with Crippen LogP contribution in [0.25, 0.3) is 0 Å². The molecule has 0 radical (unpaired) electrons. The first kappa shape index (κ1) is 20.8. The summed E-state index contributed by atoms with van der Waals surface area (Å²) in [7, 11) is 0. The van der Waals surface area contributed by atoms with E-state index in [0.717, 1.165) is 40.3 Å². The molecule has 0 saturated carbocycles. The van der Waals surface area contributed by atoms with E-state index in [-0.39, 0.29) is 23.9 Å². The van der Waals surface area contributed by atoms with Gasteiger partial charge >= 0.3 is 5.97 Å². The van der Waals surface area contributed by atoms with E-state index in [4.69, 9.17) is 9.72 Å². The molecule has 2 heterocycles. The molecule has 0 saturated heterocycles. The molecule has 1 aromatic heterocycles. The molecule has 7 heteroatoms. The molecule has 1 aliphatic heterocycles. The van der Waals surface area contributed by atoms with E-state index in [9.17, 15) is 9.59 Å². The fourth-order valence-corrected chi connectivity index (χ4v) is 5.10. The summed E-state index contributed by atoms with van der Waals surface area (Å²) in [5.41, 5.74) is 2.96. The first-order chi connectivity index (χ1) is 14.7. The molecular weight excluding hydrogens is 416 g/mol. The minimum absolute atomic E-state index is 0.00131. The van der Waals surface area contributed by atoms with Gasteiger partial charge < -0.3 is 4.74 Å². The predicted octanol–water partition coefficient (Wildman–Crippen LogP) is 3.97. The quantitative estimate of drug-likeness (QED) is 0.301. The molecule has 4 rings (SSSR count). The van der Waals surface area contributed by atoms with Crippen LogP contribution in [0.15, 0.2) is 75.5 Å². The van der Waals surface area contributed by atoms with Gasteiger partial charge in [0.25, 0.3) is 5.56 Å². The molecule has 3 aromatic rings. The number of aromatic nitrogens is 2. The Kier molecular flexibility index (Phi) is 6.92. The lowest BCUT2D eigenvalue weighted by molar-refractivity contribution is -0.141. The van der Waals surface area contributed by atoms with Crippen molar-refractivity contribution in [2.75, 3.05) is 11.5 Å². The van der Waals surface area contributed by atoms with Crippen LogP contribution in [-0.4, -0.2) is 27.0 Å². The minimum Gasteiger partial charge on any atom is -0.460 e. The summed E-state index contributed by atoms with van der Waals surface area (Å²) in [6, 6.07) is 19.6. The highest BCUT2D eigenvalue weighted by Gasteiger charge is 2.22. The van der Waals surface area contributed by atoms with Crippen molar-refractivity contribution in [3.05, 3.63) is 87.8 Å². The fourth-order valence-electron chi connectivity index (χ4n) is 3.22. The van der Waals surface area contributed by atoms with Crippen molar-refractivity contribution in [3.8, 4) is 0 Å². The van der Waals surface area contributed by atoms with E-state index in [0.29, 0.717) is 11.7 Å². The van der Waals surface area contributed by atoms with Crippen LogP contribution in [0.4, 0.5) is 0 Å². The van der Waals surface area contributed by atoms with Gasteiger partial charge in [0.2, 0.25) is 0 Å². The van der Waals surface area contributed by atoms with E-state index in [2.05, 4.69) is 0 Å².